The number of hydrogen-bond acceptors (Lipinski definition) is 2. The quantitative estimate of drug-likeness (QED) is 0.654. The van der Waals surface area contributed by atoms with Crippen LogP contribution in [0.25, 0.3) is 0 Å². The van der Waals surface area contributed by atoms with Gasteiger partial charge in [-0.1, -0.05) is 26.2 Å². The zero-order valence-corrected chi connectivity index (χ0v) is 9.38. The van der Waals surface area contributed by atoms with Crippen molar-refractivity contribution in [1.82, 2.24) is 10.2 Å². The molecule has 0 saturated carbocycles. The van der Waals surface area contributed by atoms with E-state index in [0.29, 0.717) is 5.91 Å². The Morgan fingerprint density at radius 2 is 2.14 bits per heavy atom. The molecule has 0 aromatic rings. The van der Waals surface area contributed by atoms with Crippen LogP contribution in [-0.2, 0) is 4.79 Å². The van der Waals surface area contributed by atoms with Gasteiger partial charge in [-0.25, -0.2) is 0 Å². The van der Waals surface area contributed by atoms with Crippen LogP contribution in [0.5, 0.6) is 0 Å². The van der Waals surface area contributed by atoms with Crippen LogP contribution in [0.1, 0.15) is 39.0 Å². The number of nitrogens with one attached hydrogen (secondary N) is 1. The number of unbranched alkanes of at least 4 members (excludes halogenated alkanes) is 2. The van der Waals surface area contributed by atoms with E-state index in [1.165, 1.54) is 19.3 Å². The highest BCUT2D eigenvalue weighted by Gasteiger charge is 2.26. The molecular weight excluding hydrogens is 176 g/mol. The van der Waals surface area contributed by atoms with Gasteiger partial charge in [0.15, 0.2) is 0 Å². The van der Waals surface area contributed by atoms with Gasteiger partial charge in [0.2, 0.25) is 5.91 Å². The van der Waals surface area contributed by atoms with Crippen molar-refractivity contribution in [3.8, 4) is 0 Å². The van der Waals surface area contributed by atoms with Gasteiger partial charge < -0.3 is 10.2 Å². The lowest BCUT2D eigenvalue weighted by atomic mass is 10.1. The normalized spacial score (nSPS) is 17.7. The van der Waals surface area contributed by atoms with Crippen molar-refractivity contribution >= 4 is 5.91 Å². The molecule has 1 rings (SSSR count). The van der Waals surface area contributed by atoms with Crippen molar-refractivity contribution in [3.63, 3.8) is 0 Å². The summed E-state index contributed by atoms with van der Waals surface area (Å²) in [5, 5.41) is 3.12. The number of hydrogen-bond donors (Lipinski definition) is 1. The lowest BCUT2D eigenvalue weighted by molar-refractivity contribution is -0.137. The van der Waals surface area contributed by atoms with Crippen LogP contribution < -0.4 is 5.32 Å². The Morgan fingerprint density at radius 1 is 1.43 bits per heavy atom. The van der Waals surface area contributed by atoms with Crippen LogP contribution in [0, 0.1) is 0 Å². The van der Waals surface area contributed by atoms with Crippen molar-refractivity contribution in [2.45, 2.75) is 45.1 Å². The minimum atomic E-state index is 0.0573. The Balaban J connectivity index is 2.24. The standard InChI is InChI=1S/C11H22N2O/c1-3-4-5-7-10(12-2)11(14)13-8-6-9-13/h10,12H,3-9H2,1-2H3. The molecule has 1 amide bonds. The van der Waals surface area contributed by atoms with Gasteiger partial charge in [-0.05, 0) is 19.9 Å². The van der Waals surface area contributed by atoms with Gasteiger partial charge >= 0.3 is 0 Å². The van der Waals surface area contributed by atoms with Crippen LogP contribution in [0.3, 0.4) is 0 Å². The van der Waals surface area contributed by atoms with Crippen LogP contribution in [-0.4, -0.2) is 37.0 Å². The van der Waals surface area contributed by atoms with Crippen LogP contribution in [0.2, 0.25) is 0 Å². The third-order valence-electron chi connectivity index (χ3n) is 2.91. The largest absolute Gasteiger partial charge is 0.341 e. The van der Waals surface area contributed by atoms with E-state index in [9.17, 15) is 4.79 Å². The number of likely N-dealkylation sites (tertiary alicyclic amines) is 1. The Bertz CT molecular complexity index is 178. The van der Waals surface area contributed by atoms with Crippen LogP contribution in [0.4, 0.5) is 0 Å². The highest BCUT2D eigenvalue weighted by atomic mass is 16.2. The van der Waals surface area contributed by atoms with E-state index in [0.717, 1.165) is 25.9 Å². The molecule has 0 radical (unpaired) electrons. The number of nitrogens with zero attached hydrogens (tertiary/aromatic N) is 1. The molecule has 3 heteroatoms. The molecule has 0 bridgehead atoms. The van der Waals surface area contributed by atoms with E-state index in [1.54, 1.807) is 0 Å². The second-order valence-electron chi connectivity index (χ2n) is 4.02. The first-order valence-electron chi connectivity index (χ1n) is 5.75. The Kier molecular flexibility index (Phi) is 4.94. The number of carbonyl (C=O) groups excluding carboxylic acids is 1. The van der Waals surface area contributed by atoms with Crippen molar-refractivity contribution < 1.29 is 4.79 Å². The number of carbonyl (C=O) groups is 1. The van der Waals surface area contributed by atoms with Gasteiger partial charge in [0.05, 0.1) is 6.04 Å². The molecule has 0 aliphatic carbocycles. The maximum Gasteiger partial charge on any atom is 0.239 e. The molecule has 1 atom stereocenters. The second kappa shape index (κ2) is 6.02. The molecule has 1 N–H and O–H groups in total. The maximum atomic E-state index is 11.8. The predicted molar refractivity (Wildman–Crippen MR) is 58.2 cm³/mol. The molecular formula is C11H22N2O. The monoisotopic (exact) mass is 198 g/mol. The molecule has 1 saturated heterocycles. The van der Waals surface area contributed by atoms with E-state index in [4.69, 9.17) is 0 Å². The van der Waals surface area contributed by atoms with Crippen molar-refractivity contribution in [2.75, 3.05) is 20.1 Å². The average Bonchev–Trinajstić information content (AvgIpc) is 2.09. The minimum absolute atomic E-state index is 0.0573. The van der Waals surface area contributed by atoms with Gasteiger partial charge in [0.1, 0.15) is 0 Å². The fourth-order valence-corrected chi connectivity index (χ4v) is 1.75. The SMILES string of the molecule is CCCCCC(NC)C(=O)N1CCC1. The number of amides is 1. The van der Waals surface area contributed by atoms with Crippen molar-refractivity contribution in [2.24, 2.45) is 0 Å². The van der Waals surface area contributed by atoms with Crippen molar-refractivity contribution in [3.05, 3.63) is 0 Å². The molecule has 0 spiro atoms. The average molecular weight is 198 g/mol. The van der Waals surface area contributed by atoms with Crippen molar-refractivity contribution in [1.29, 1.82) is 0 Å². The van der Waals surface area contributed by atoms with Gasteiger partial charge in [0, 0.05) is 13.1 Å². The molecule has 14 heavy (non-hydrogen) atoms. The first-order valence-corrected chi connectivity index (χ1v) is 5.75. The summed E-state index contributed by atoms with van der Waals surface area (Å²) in [7, 11) is 1.88. The number of rotatable bonds is 6. The summed E-state index contributed by atoms with van der Waals surface area (Å²) in [5.74, 6) is 0.301. The zero-order valence-electron chi connectivity index (χ0n) is 9.38. The third-order valence-corrected chi connectivity index (χ3v) is 2.91. The molecule has 1 aliphatic heterocycles. The van der Waals surface area contributed by atoms with E-state index in [2.05, 4.69) is 12.2 Å². The minimum Gasteiger partial charge on any atom is -0.341 e. The molecule has 1 fully saturated rings. The lowest BCUT2D eigenvalue weighted by Gasteiger charge is -2.34. The summed E-state index contributed by atoms with van der Waals surface area (Å²) in [6.07, 6.45) is 5.76. The smallest absolute Gasteiger partial charge is 0.239 e. The summed E-state index contributed by atoms with van der Waals surface area (Å²) >= 11 is 0. The van der Waals surface area contributed by atoms with E-state index < -0.39 is 0 Å². The summed E-state index contributed by atoms with van der Waals surface area (Å²) < 4.78 is 0. The molecule has 1 heterocycles. The highest BCUT2D eigenvalue weighted by Crippen LogP contribution is 2.11. The predicted octanol–water partition coefficient (Wildman–Crippen LogP) is 1.39. The molecule has 0 aromatic carbocycles. The second-order valence-corrected chi connectivity index (χ2v) is 4.02. The summed E-state index contributed by atoms with van der Waals surface area (Å²) in [4.78, 5) is 13.8. The topological polar surface area (TPSA) is 32.3 Å². The fourth-order valence-electron chi connectivity index (χ4n) is 1.75. The zero-order chi connectivity index (χ0) is 10.4. The third kappa shape index (κ3) is 2.98. The van der Waals surface area contributed by atoms with E-state index >= 15 is 0 Å². The first kappa shape index (κ1) is 11.5. The Labute approximate surface area is 86.9 Å². The molecule has 0 aromatic heterocycles. The molecule has 1 aliphatic rings. The maximum absolute atomic E-state index is 11.8. The van der Waals surface area contributed by atoms with Gasteiger partial charge in [-0.15, -0.1) is 0 Å². The summed E-state index contributed by atoms with van der Waals surface area (Å²) in [5.41, 5.74) is 0. The Morgan fingerprint density at radius 3 is 2.57 bits per heavy atom. The highest BCUT2D eigenvalue weighted by molar-refractivity contribution is 5.82. The van der Waals surface area contributed by atoms with Gasteiger partial charge in [-0.3, -0.25) is 4.79 Å². The van der Waals surface area contributed by atoms with E-state index in [-0.39, 0.29) is 6.04 Å². The van der Waals surface area contributed by atoms with Crippen LogP contribution in [0.15, 0.2) is 0 Å². The lowest BCUT2D eigenvalue weighted by Crippen LogP contribution is -2.51. The molecule has 1 unspecified atom stereocenters. The molecule has 82 valence electrons. The summed E-state index contributed by atoms with van der Waals surface area (Å²) in [6, 6.07) is 0.0573. The fraction of sp³-hybridized carbons (Fsp3) is 0.909. The van der Waals surface area contributed by atoms with E-state index in [1.807, 2.05) is 11.9 Å². The summed E-state index contributed by atoms with van der Waals surface area (Å²) in [6.45, 7) is 4.11. The molecule has 3 nitrogen and oxygen atoms in total. The van der Waals surface area contributed by atoms with Crippen LogP contribution >= 0.6 is 0 Å². The number of likely N-dealkylation sites (N-methyl/N-ethyl adjacent to an activating group) is 1. The van der Waals surface area contributed by atoms with Gasteiger partial charge in [-0.2, -0.15) is 0 Å². The Hall–Kier alpha value is -0.570. The first-order chi connectivity index (χ1) is 6.79. The van der Waals surface area contributed by atoms with Gasteiger partial charge in [0.25, 0.3) is 0 Å².